The van der Waals surface area contributed by atoms with Gasteiger partial charge >= 0.3 is 0 Å². The monoisotopic (exact) mass is 626 g/mol. The molecule has 0 aliphatic rings. The lowest BCUT2D eigenvalue weighted by atomic mass is 10.0. The SMILES string of the molecule is COc1ccc(S(=O)(=O)N(c2ccc(Cl)cc2C(=O)c2ccccc2)C(C)(Cl)C(=O)NCc2ccccc2)cc1OC. The minimum Gasteiger partial charge on any atom is -0.493 e. The number of alkyl halides is 1. The third kappa shape index (κ3) is 6.38. The Kier molecular flexibility index (Phi) is 9.46. The van der Waals surface area contributed by atoms with Gasteiger partial charge in [0.1, 0.15) is 0 Å². The third-order valence-electron chi connectivity index (χ3n) is 6.44. The van der Waals surface area contributed by atoms with Gasteiger partial charge in [-0.2, -0.15) is 0 Å². The molecule has 218 valence electrons. The average Bonchev–Trinajstić information content (AvgIpc) is 3.00. The van der Waals surface area contributed by atoms with Crippen molar-refractivity contribution in [2.45, 2.75) is 23.4 Å². The molecule has 0 saturated heterocycles. The summed E-state index contributed by atoms with van der Waals surface area (Å²) in [6, 6.07) is 25.4. The zero-order chi connectivity index (χ0) is 30.5. The summed E-state index contributed by atoms with van der Waals surface area (Å²) >= 11 is 13.2. The lowest BCUT2D eigenvalue weighted by Gasteiger charge is -2.37. The molecule has 1 unspecified atom stereocenters. The Balaban J connectivity index is 1.90. The highest BCUT2D eigenvalue weighted by atomic mass is 35.5. The fraction of sp³-hybridized carbons (Fsp3) is 0.161. The average molecular weight is 628 g/mol. The number of carbonyl (C=O) groups is 2. The maximum Gasteiger partial charge on any atom is 0.266 e. The van der Waals surface area contributed by atoms with Gasteiger partial charge in [-0.25, -0.2) is 12.7 Å². The standard InChI is InChI=1S/C31H28Cl2N2O6S/c1-31(33,30(37)34-20-21-10-6-4-7-11-21)35(42(38,39)24-15-17-27(40-2)28(19-24)41-3)26-16-14-23(32)18-25(26)29(36)22-12-8-5-9-13-22/h4-19H,20H2,1-3H3,(H,34,37). The van der Waals surface area contributed by atoms with Crippen LogP contribution in [0.15, 0.2) is 102 Å². The van der Waals surface area contributed by atoms with Crippen LogP contribution in [0.4, 0.5) is 5.69 Å². The summed E-state index contributed by atoms with van der Waals surface area (Å²) in [7, 11) is -1.86. The zero-order valence-electron chi connectivity index (χ0n) is 23.0. The Morgan fingerprint density at radius 1 is 0.857 bits per heavy atom. The number of rotatable bonds is 11. The number of sulfonamides is 1. The first-order valence-corrected chi connectivity index (χ1v) is 14.9. The number of ether oxygens (including phenoxy) is 2. The van der Waals surface area contributed by atoms with Crippen LogP contribution in [0.5, 0.6) is 11.5 Å². The molecule has 11 heteroatoms. The fourth-order valence-electron chi connectivity index (χ4n) is 4.31. The molecule has 42 heavy (non-hydrogen) atoms. The largest absolute Gasteiger partial charge is 0.493 e. The van der Waals surface area contributed by atoms with Crippen LogP contribution in [0, 0.1) is 0 Å². The fourth-order valence-corrected chi connectivity index (χ4v) is 6.57. The van der Waals surface area contributed by atoms with E-state index in [-0.39, 0.29) is 39.0 Å². The summed E-state index contributed by atoms with van der Waals surface area (Å²) in [5, 5.41) is 2.90. The molecule has 0 fully saturated rings. The van der Waals surface area contributed by atoms with Crippen molar-refractivity contribution in [3.63, 3.8) is 0 Å². The maximum atomic E-state index is 14.4. The van der Waals surface area contributed by atoms with E-state index in [9.17, 15) is 18.0 Å². The van der Waals surface area contributed by atoms with Crippen molar-refractivity contribution in [1.29, 1.82) is 0 Å². The van der Waals surface area contributed by atoms with Gasteiger partial charge in [-0.15, -0.1) is 0 Å². The first kappa shape index (κ1) is 30.9. The first-order chi connectivity index (χ1) is 20.0. The van der Waals surface area contributed by atoms with Gasteiger partial charge in [0, 0.05) is 28.8 Å². The van der Waals surface area contributed by atoms with E-state index in [4.69, 9.17) is 32.7 Å². The van der Waals surface area contributed by atoms with Gasteiger partial charge in [0.15, 0.2) is 17.3 Å². The van der Waals surface area contributed by atoms with Gasteiger partial charge in [0.25, 0.3) is 15.9 Å². The molecule has 0 aliphatic heterocycles. The van der Waals surface area contributed by atoms with Gasteiger partial charge in [0.05, 0.1) is 24.8 Å². The number of ketones is 1. The van der Waals surface area contributed by atoms with E-state index < -0.39 is 26.7 Å². The summed E-state index contributed by atoms with van der Waals surface area (Å²) in [5.74, 6) is -0.897. The highest BCUT2D eigenvalue weighted by Crippen LogP contribution is 2.40. The molecule has 1 N–H and O–H groups in total. The number of carbonyl (C=O) groups excluding carboxylic acids is 2. The molecule has 1 amide bonds. The molecule has 1 atom stereocenters. The summed E-state index contributed by atoms with van der Waals surface area (Å²) in [5.41, 5.74) is 0.851. The zero-order valence-corrected chi connectivity index (χ0v) is 25.3. The van der Waals surface area contributed by atoms with Gasteiger partial charge in [-0.05, 0) is 42.8 Å². The van der Waals surface area contributed by atoms with Gasteiger partial charge in [-0.1, -0.05) is 83.9 Å². The summed E-state index contributed by atoms with van der Waals surface area (Å²) in [4.78, 5) is 24.9. The van der Waals surface area contributed by atoms with E-state index in [1.807, 2.05) is 18.2 Å². The van der Waals surface area contributed by atoms with E-state index in [1.54, 1.807) is 42.5 Å². The van der Waals surface area contributed by atoms with Crippen LogP contribution in [-0.2, 0) is 21.4 Å². The van der Waals surface area contributed by atoms with E-state index in [2.05, 4.69) is 5.32 Å². The minimum absolute atomic E-state index is 0.0690. The lowest BCUT2D eigenvalue weighted by Crippen LogP contribution is -2.56. The molecular formula is C31H28Cl2N2O6S. The topological polar surface area (TPSA) is 102 Å². The quantitative estimate of drug-likeness (QED) is 0.123. The molecule has 4 aromatic carbocycles. The van der Waals surface area contributed by atoms with Gasteiger partial charge in [-0.3, -0.25) is 9.59 Å². The molecule has 0 aromatic heterocycles. The molecule has 0 spiro atoms. The highest BCUT2D eigenvalue weighted by molar-refractivity contribution is 7.93. The number of methoxy groups -OCH3 is 2. The first-order valence-electron chi connectivity index (χ1n) is 12.7. The van der Waals surface area contributed by atoms with E-state index in [0.717, 1.165) is 9.87 Å². The van der Waals surface area contributed by atoms with Crippen molar-refractivity contribution >= 4 is 50.6 Å². The summed E-state index contributed by atoms with van der Waals surface area (Å²) in [6.07, 6.45) is 0. The van der Waals surface area contributed by atoms with Crippen LogP contribution < -0.4 is 19.1 Å². The Labute approximate surface area is 254 Å². The predicted octanol–water partition coefficient (Wildman–Crippen LogP) is 6.05. The number of nitrogens with zero attached hydrogens (tertiary/aromatic N) is 1. The van der Waals surface area contributed by atoms with Gasteiger partial charge < -0.3 is 14.8 Å². The number of halogens is 2. The van der Waals surface area contributed by atoms with E-state index >= 15 is 0 Å². The van der Waals surface area contributed by atoms with E-state index in [1.165, 1.54) is 57.5 Å². The number of nitrogens with one attached hydrogen (secondary N) is 1. The minimum atomic E-state index is -4.64. The number of anilines is 1. The number of hydrogen-bond donors (Lipinski definition) is 1. The number of benzene rings is 4. The van der Waals surface area contributed by atoms with Crippen LogP contribution in [0.2, 0.25) is 5.02 Å². The van der Waals surface area contributed by atoms with Crippen molar-refractivity contribution in [3.8, 4) is 11.5 Å². The predicted molar refractivity (Wildman–Crippen MR) is 163 cm³/mol. The molecule has 0 bridgehead atoms. The smallest absolute Gasteiger partial charge is 0.266 e. The van der Waals surface area contributed by atoms with Crippen molar-refractivity contribution in [2.24, 2.45) is 0 Å². The second-order valence-corrected chi connectivity index (χ2v) is 12.2. The summed E-state index contributed by atoms with van der Waals surface area (Å²) in [6.45, 7) is 1.33. The van der Waals surface area contributed by atoms with Crippen LogP contribution in [0.1, 0.15) is 28.4 Å². The summed E-state index contributed by atoms with van der Waals surface area (Å²) < 4.78 is 40.2. The van der Waals surface area contributed by atoms with Crippen LogP contribution in [0.3, 0.4) is 0 Å². The normalized spacial score (nSPS) is 12.6. The molecule has 0 saturated carbocycles. The Morgan fingerprint density at radius 3 is 2.10 bits per heavy atom. The van der Waals surface area contributed by atoms with Gasteiger partial charge in [0.2, 0.25) is 5.00 Å². The molecule has 0 radical (unpaired) electrons. The molecule has 4 aromatic rings. The molecule has 8 nitrogen and oxygen atoms in total. The molecule has 0 heterocycles. The second kappa shape index (κ2) is 12.9. The van der Waals surface area contributed by atoms with Crippen LogP contribution in [0.25, 0.3) is 0 Å². The van der Waals surface area contributed by atoms with Crippen molar-refractivity contribution in [3.05, 3.63) is 119 Å². The Hall–Kier alpha value is -4.05. The van der Waals surface area contributed by atoms with Crippen molar-refractivity contribution in [1.82, 2.24) is 5.32 Å². The number of hydrogen-bond acceptors (Lipinski definition) is 6. The Bertz CT molecular complexity index is 1700. The maximum absolute atomic E-state index is 14.4. The Morgan fingerprint density at radius 2 is 1.48 bits per heavy atom. The van der Waals surface area contributed by atoms with E-state index in [0.29, 0.717) is 5.75 Å². The van der Waals surface area contributed by atoms with Crippen molar-refractivity contribution < 1.29 is 27.5 Å². The van der Waals surface area contributed by atoms with Crippen molar-refractivity contribution in [2.75, 3.05) is 18.5 Å². The molecular weight excluding hydrogens is 599 g/mol. The van der Waals surface area contributed by atoms with Crippen LogP contribution >= 0.6 is 23.2 Å². The highest BCUT2D eigenvalue weighted by Gasteiger charge is 2.47. The van der Waals surface area contributed by atoms with Crippen LogP contribution in [-0.4, -0.2) is 39.3 Å². The lowest BCUT2D eigenvalue weighted by molar-refractivity contribution is -0.123. The number of amides is 1. The third-order valence-corrected chi connectivity index (χ3v) is 9.01. The molecule has 0 aliphatic carbocycles. The molecule has 4 rings (SSSR count). The second-order valence-electron chi connectivity index (χ2n) is 9.26.